The van der Waals surface area contributed by atoms with Crippen LogP contribution in [-0.4, -0.2) is 25.1 Å². The second-order valence-electron chi connectivity index (χ2n) is 4.90. The van der Waals surface area contributed by atoms with E-state index in [9.17, 15) is 0 Å². The third-order valence-corrected chi connectivity index (χ3v) is 4.94. The van der Waals surface area contributed by atoms with Gasteiger partial charge in [-0.3, -0.25) is 4.90 Å². The number of hydrogen-bond donors (Lipinski definition) is 1. The Morgan fingerprint density at radius 2 is 2.14 bits per heavy atom. The lowest BCUT2D eigenvalue weighted by Gasteiger charge is -2.28. The molecule has 2 rings (SSSR count). The largest absolute Gasteiger partial charge is 0.494 e. The highest BCUT2D eigenvalue weighted by atomic mass is 79.9. The summed E-state index contributed by atoms with van der Waals surface area (Å²) in [5.41, 5.74) is 8.47. The van der Waals surface area contributed by atoms with Gasteiger partial charge >= 0.3 is 0 Å². The number of hydrogen-bond acceptors (Lipinski definition) is 4. The standard InChI is InChI=1S/C16H21BrN2OS/c1-3-20-15-7-5-4-6-13(15)14(9-18)19(2)10-12-8-16(17)21-11-12/h4-8,11,14H,3,9-10,18H2,1-2H3. The van der Waals surface area contributed by atoms with Crippen molar-refractivity contribution < 1.29 is 4.74 Å². The normalized spacial score (nSPS) is 12.6. The number of para-hydroxylation sites is 1. The van der Waals surface area contributed by atoms with Crippen LogP contribution in [0.25, 0.3) is 0 Å². The summed E-state index contributed by atoms with van der Waals surface area (Å²) in [5, 5.41) is 2.17. The van der Waals surface area contributed by atoms with E-state index in [1.807, 2.05) is 25.1 Å². The Kier molecular flexibility index (Phi) is 6.23. The second-order valence-corrected chi connectivity index (χ2v) is 7.19. The highest BCUT2D eigenvalue weighted by Gasteiger charge is 2.19. The molecule has 0 radical (unpaired) electrons. The fraction of sp³-hybridized carbons (Fsp3) is 0.375. The molecular formula is C16H21BrN2OS. The zero-order chi connectivity index (χ0) is 15.2. The molecule has 1 aromatic carbocycles. The van der Waals surface area contributed by atoms with Crippen LogP contribution in [0.4, 0.5) is 0 Å². The quantitative estimate of drug-likeness (QED) is 0.801. The molecule has 2 N–H and O–H groups in total. The smallest absolute Gasteiger partial charge is 0.124 e. The van der Waals surface area contributed by atoms with E-state index in [0.29, 0.717) is 13.2 Å². The molecule has 0 bridgehead atoms. The zero-order valence-corrected chi connectivity index (χ0v) is 14.8. The van der Waals surface area contributed by atoms with Gasteiger partial charge in [0.05, 0.1) is 16.4 Å². The van der Waals surface area contributed by atoms with Crippen LogP contribution in [0.15, 0.2) is 39.5 Å². The summed E-state index contributed by atoms with van der Waals surface area (Å²) in [4.78, 5) is 2.27. The van der Waals surface area contributed by atoms with Gasteiger partial charge in [-0.25, -0.2) is 0 Å². The topological polar surface area (TPSA) is 38.5 Å². The minimum atomic E-state index is 0.145. The summed E-state index contributed by atoms with van der Waals surface area (Å²) < 4.78 is 6.89. The Balaban J connectivity index is 2.18. The molecule has 1 heterocycles. The number of ether oxygens (including phenoxy) is 1. The van der Waals surface area contributed by atoms with E-state index in [-0.39, 0.29) is 6.04 Å². The fourth-order valence-corrected chi connectivity index (χ4v) is 3.61. The third kappa shape index (κ3) is 4.30. The third-order valence-electron chi connectivity index (χ3n) is 3.39. The molecule has 0 saturated carbocycles. The molecular weight excluding hydrogens is 348 g/mol. The van der Waals surface area contributed by atoms with Crippen molar-refractivity contribution in [1.29, 1.82) is 0 Å². The Labute approximate surface area is 138 Å². The lowest BCUT2D eigenvalue weighted by atomic mass is 10.0. The van der Waals surface area contributed by atoms with Crippen LogP contribution in [0, 0.1) is 0 Å². The van der Waals surface area contributed by atoms with E-state index in [1.165, 1.54) is 5.56 Å². The number of nitrogens with zero attached hydrogens (tertiary/aromatic N) is 1. The van der Waals surface area contributed by atoms with Gasteiger partial charge in [0.15, 0.2) is 0 Å². The molecule has 0 amide bonds. The monoisotopic (exact) mass is 368 g/mol. The molecule has 0 spiro atoms. The summed E-state index contributed by atoms with van der Waals surface area (Å²) in [6.45, 7) is 4.09. The summed E-state index contributed by atoms with van der Waals surface area (Å²) in [6, 6.07) is 10.4. The van der Waals surface area contributed by atoms with Gasteiger partial charge in [0.1, 0.15) is 5.75 Å². The van der Waals surface area contributed by atoms with Crippen molar-refractivity contribution >= 4 is 27.3 Å². The average molecular weight is 369 g/mol. The first kappa shape index (κ1) is 16.5. The van der Waals surface area contributed by atoms with Crippen LogP contribution in [0.5, 0.6) is 5.75 Å². The molecule has 2 aromatic rings. The van der Waals surface area contributed by atoms with Crippen LogP contribution in [-0.2, 0) is 6.54 Å². The van der Waals surface area contributed by atoms with Crippen LogP contribution < -0.4 is 10.5 Å². The van der Waals surface area contributed by atoms with Crippen molar-refractivity contribution in [2.75, 3.05) is 20.2 Å². The maximum atomic E-state index is 6.03. The minimum absolute atomic E-state index is 0.145. The highest BCUT2D eigenvalue weighted by Crippen LogP contribution is 2.30. The Bertz CT molecular complexity index is 573. The predicted molar refractivity (Wildman–Crippen MR) is 92.9 cm³/mol. The van der Waals surface area contributed by atoms with E-state index in [0.717, 1.165) is 21.6 Å². The van der Waals surface area contributed by atoms with Crippen molar-refractivity contribution in [2.45, 2.75) is 19.5 Å². The fourth-order valence-electron chi connectivity index (χ4n) is 2.41. The molecule has 0 saturated heterocycles. The molecule has 0 aliphatic carbocycles. The minimum Gasteiger partial charge on any atom is -0.494 e. The number of benzene rings is 1. The lowest BCUT2D eigenvalue weighted by Crippen LogP contribution is -2.30. The number of nitrogens with two attached hydrogens (primary N) is 1. The number of rotatable bonds is 7. The van der Waals surface area contributed by atoms with Gasteiger partial charge in [-0.05, 0) is 53.0 Å². The number of thiophene rings is 1. The lowest BCUT2D eigenvalue weighted by molar-refractivity contribution is 0.233. The molecule has 3 nitrogen and oxygen atoms in total. The van der Waals surface area contributed by atoms with Crippen LogP contribution in [0.2, 0.25) is 0 Å². The SMILES string of the molecule is CCOc1ccccc1C(CN)N(C)Cc1csc(Br)c1. The Morgan fingerprint density at radius 3 is 2.76 bits per heavy atom. The van der Waals surface area contributed by atoms with Gasteiger partial charge in [0.2, 0.25) is 0 Å². The first-order chi connectivity index (χ1) is 10.2. The van der Waals surface area contributed by atoms with Gasteiger partial charge in [0, 0.05) is 18.7 Å². The Hall–Kier alpha value is -0.880. The molecule has 0 aliphatic heterocycles. The molecule has 1 aromatic heterocycles. The highest BCUT2D eigenvalue weighted by molar-refractivity contribution is 9.11. The molecule has 1 atom stereocenters. The molecule has 1 unspecified atom stereocenters. The number of halogens is 1. The van der Waals surface area contributed by atoms with E-state index >= 15 is 0 Å². The molecule has 5 heteroatoms. The first-order valence-corrected chi connectivity index (χ1v) is 8.68. The van der Waals surface area contributed by atoms with Crippen LogP contribution >= 0.6 is 27.3 Å². The van der Waals surface area contributed by atoms with Crippen molar-refractivity contribution in [3.63, 3.8) is 0 Å². The Morgan fingerprint density at radius 1 is 1.38 bits per heavy atom. The average Bonchev–Trinajstić information content (AvgIpc) is 2.87. The second kappa shape index (κ2) is 7.94. The van der Waals surface area contributed by atoms with Crippen LogP contribution in [0.3, 0.4) is 0 Å². The maximum absolute atomic E-state index is 6.03. The molecule has 0 aliphatic rings. The van der Waals surface area contributed by atoms with Gasteiger partial charge in [0.25, 0.3) is 0 Å². The maximum Gasteiger partial charge on any atom is 0.124 e. The summed E-state index contributed by atoms with van der Waals surface area (Å²) >= 11 is 5.22. The predicted octanol–water partition coefficient (Wildman–Crippen LogP) is 4.04. The molecule has 21 heavy (non-hydrogen) atoms. The summed E-state index contributed by atoms with van der Waals surface area (Å²) in [7, 11) is 2.10. The van der Waals surface area contributed by atoms with E-state index < -0.39 is 0 Å². The summed E-state index contributed by atoms with van der Waals surface area (Å²) in [6.07, 6.45) is 0. The van der Waals surface area contributed by atoms with Gasteiger partial charge in [-0.1, -0.05) is 18.2 Å². The van der Waals surface area contributed by atoms with Gasteiger partial charge in [-0.2, -0.15) is 0 Å². The van der Waals surface area contributed by atoms with E-state index in [2.05, 4.69) is 45.4 Å². The first-order valence-electron chi connectivity index (χ1n) is 7.00. The molecule has 114 valence electrons. The van der Waals surface area contributed by atoms with E-state index in [1.54, 1.807) is 11.3 Å². The van der Waals surface area contributed by atoms with Crippen molar-refractivity contribution in [3.05, 3.63) is 50.6 Å². The zero-order valence-electron chi connectivity index (χ0n) is 12.4. The summed E-state index contributed by atoms with van der Waals surface area (Å²) in [5.74, 6) is 0.925. The van der Waals surface area contributed by atoms with Crippen molar-refractivity contribution in [3.8, 4) is 5.75 Å². The van der Waals surface area contributed by atoms with Gasteiger partial charge in [-0.15, -0.1) is 11.3 Å². The number of likely N-dealkylation sites (N-methyl/N-ethyl adjacent to an activating group) is 1. The van der Waals surface area contributed by atoms with Crippen molar-refractivity contribution in [2.24, 2.45) is 5.73 Å². The van der Waals surface area contributed by atoms with Gasteiger partial charge < -0.3 is 10.5 Å². The van der Waals surface area contributed by atoms with Crippen molar-refractivity contribution in [1.82, 2.24) is 4.90 Å². The van der Waals surface area contributed by atoms with Crippen LogP contribution in [0.1, 0.15) is 24.1 Å². The van der Waals surface area contributed by atoms with E-state index in [4.69, 9.17) is 10.5 Å². The molecule has 0 fully saturated rings.